The molecule has 3 aromatic rings. The summed E-state index contributed by atoms with van der Waals surface area (Å²) in [5.74, 6) is -2.74. The van der Waals surface area contributed by atoms with Crippen LogP contribution < -0.4 is 16.0 Å². The lowest BCUT2D eigenvalue weighted by Crippen LogP contribution is -2.60. The Morgan fingerprint density at radius 1 is 1.02 bits per heavy atom. The summed E-state index contributed by atoms with van der Waals surface area (Å²) in [6.45, 7) is 8.06. The molecule has 1 aromatic carbocycles. The average molecular weight is 761 g/mol. The Labute approximate surface area is 319 Å². The third kappa shape index (κ3) is 8.75. The summed E-state index contributed by atoms with van der Waals surface area (Å²) in [4.78, 5) is 88.6. The van der Waals surface area contributed by atoms with Crippen LogP contribution in [0.5, 0.6) is 0 Å². The maximum absolute atomic E-state index is 14.5. The number of Topliss-reactive ketones (excluding diaryl/α,β-unsaturated/α-hetero) is 1. The van der Waals surface area contributed by atoms with E-state index in [4.69, 9.17) is 4.74 Å². The number of aliphatic hydroxyl groups is 1. The van der Waals surface area contributed by atoms with Gasteiger partial charge in [-0.15, -0.1) is 0 Å². The first kappa shape index (κ1) is 39.6. The average Bonchev–Trinajstić information content (AvgIpc) is 3.85. The van der Waals surface area contributed by atoms with E-state index in [9.17, 15) is 33.9 Å². The molecule has 5 heterocycles. The van der Waals surface area contributed by atoms with E-state index >= 15 is 0 Å². The summed E-state index contributed by atoms with van der Waals surface area (Å²) in [5, 5.41) is 25.5. The molecule has 2 aromatic heterocycles. The fraction of sp³-hybridized carbons (Fsp3) is 0.564. The number of aromatic nitrogens is 3. The minimum atomic E-state index is -1.26. The number of aromatic amines is 1. The molecule has 6 rings (SSSR count). The number of hydrogen-bond acceptors (Lipinski definition) is 9. The zero-order valence-corrected chi connectivity index (χ0v) is 32.1. The van der Waals surface area contributed by atoms with Crippen LogP contribution in [-0.2, 0) is 41.7 Å². The molecule has 0 unspecified atom stereocenters. The van der Waals surface area contributed by atoms with Gasteiger partial charge in [0, 0.05) is 42.4 Å². The topological polar surface area (TPSA) is 208 Å². The van der Waals surface area contributed by atoms with Crippen molar-refractivity contribution in [3.05, 3.63) is 53.0 Å². The molecule has 5 N–H and O–H groups in total. The van der Waals surface area contributed by atoms with E-state index in [2.05, 4.69) is 26.0 Å². The predicted octanol–water partition coefficient (Wildman–Crippen LogP) is 0.910. The highest BCUT2D eigenvalue weighted by Gasteiger charge is 2.42. The molecule has 2 bridgehead atoms. The van der Waals surface area contributed by atoms with Crippen LogP contribution in [0.15, 0.2) is 30.5 Å². The van der Waals surface area contributed by atoms with Gasteiger partial charge in [0.05, 0.1) is 30.4 Å². The molecule has 6 atom stereocenters. The van der Waals surface area contributed by atoms with Crippen LogP contribution in [0.2, 0.25) is 0 Å². The van der Waals surface area contributed by atoms with E-state index in [1.165, 1.54) is 21.4 Å². The van der Waals surface area contributed by atoms with Crippen LogP contribution in [0.25, 0.3) is 10.9 Å². The Morgan fingerprint density at radius 2 is 1.78 bits per heavy atom. The molecule has 16 nitrogen and oxygen atoms in total. The van der Waals surface area contributed by atoms with Crippen LogP contribution >= 0.6 is 0 Å². The van der Waals surface area contributed by atoms with Crippen LogP contribution in [0.1, 0.15) is 73.8 Å². The molecule has 5 amide bonds. The lowest BCUT2D eigenvalue weighted by molar-refractivity contribution is -0.146. The Balaban J connectivity index is 1.36. The van der Waals surface area contributed by atoms with Crippen LogP contribution in [0.4, 0.5) is 0 Å². The number of H-pyrrole nitrogens is 1. The molecular weight excluding hydrogens is 708 g/mol. The Bertz CT molecular complexity index is 1950. The van der Waals surface area contributed by atoms with E-state index in [0.29, 0.717) is 36.2 Å². The number of carbonyl (C=O) groups is 6. The van der Waals surface area contributed by atoms with Crippen molar-refractivity contribution in [1.29, 1.82) is 0 Å². The fourth-order valence-corrected chi connectivity index (χ4v) is 8.14. The molecule has 0 aliphatic carbocycles. The third-order valence-corrected chi connectivity index (χ3v) is 10.9. The number of aryl methyl sites for hydroxylation is 1. The number of amides is 5. The summed E-state index contributed by atoms with van der Waals surface area (Å²) in [6.07, 6.45) is 1.15. The summed E-state index contributed by atoms with van der Waals surface area (Å²) >= 11 is 0. The highest BCUT2D eigenvalue weighted by Crippen LogP contribution is 2.24. The minimum absolute atomic E-state index is 0.0305. The summed E-state index contributed by atoms with van der Waals surface area (Å²) in [7, 11) is 0. The standard InChI is InChI=1S/C39H52N8O8/c1-21(2)15-29-37(52)42-28-12-14-55-32(36(28)51)18-45(34(50)20-47-23(4)35(24(5)48)22(3)44-47)19-33(49)41-30(16-25-17-40-27-10-7-6-9-26(25)27)39(54)46-13-8-11-31(46)38(53)43-29/h6-7,9-10,17,21,28-32,36,40,51H,8,11-16,18-20H2,1-5H3,(H,41,49)(H,42,52)(H,43,53)/t28-,29+,30+,31+,32+,36-/m0/s1. The number of para-hydroxylation sites is 1. The normalized spacial score (nSPS) is 25.7. The third-order valence-electron chi connectivity index (χ3n) is 10.9. The number of rotatable bonds is 7. The first-order valence-corrected chi connectivity index (χ1v) is 19.1. The molecule has 0 radical (unpaired) electrons. The number of aliphatic hydroxyl groups excluding tert-OH is 1. The van der Waals surface area contributed by atoms with E-state index in [0.717, 1.165) is 16.5 Å². The van der Waals surface area contributed by atoms with E-state index < -0.39 is 72.5 Å². The Hall–Kier alpha value is -5.09. The van der Waals surface area contributed by atoms with Crippen LogP contribution in [0, 0.1) is 19.8 Å². The predicted molar refractivity (Wildman–Crippen MR) is 201 cm³/mol. The fourth-order valence-electron chi connectivity index (χ4n) is 8.14. The van der Waals surface area contributed by atoms with Gasteiger partial charge in [-0.3, -0.25) is 33.4 Å². The molecule has 3 aliphatic heterocycles. The van der Waals surface area contributed by atoms with Crippen LogP contribution in [0.3, 0.4) is 0 Å². The lowest BCUT2D eigenvalue weighted by Gasteiger charge is -2.38. The molecule has 3 saturated heterocycles. The highest BCUT2D eigenvalue weighted by molar-refractivity contribution is 5.97. The first-order valence-electron chi connectivity index (χ1n) is 19.1. The Kier molecular flexibility index (Phi) is 12.0. The van der Waals surface area contributed by atoms with Crippen molar-refractivity contribution >= 4 is 46.2 Å². The van der Waals surface area contributed by atoms with Crippen LogP contribution in [-0.4, -0.2) is 128 Å². The molecule has 296 valence electrons. The Morgan fingerprint density at radius 3 is 2.51 bits per heavy atom. The van der Waals surface area contributed by atoms with Gasteiger partial charge < -0.3 is 40.6 Å². The van der Waals surface area contributed by atoms with E-state index in [1.54, 1.807) is 20.0 Å². The van der Waals surface area contributed by atoms with Gasteiger partial charge in [0.25, 0.3) is 0 Å². The van der Waals surface area contributed by atoms with Gasteiger partial charge in [0.15, 0.2) is 5.78 Å². The number of nitrogens with zero attached hydrogens (tertiary/aromatic N) is 4. The quantitative estimate of drug-likeness (QED) is 0.217. The zero-order valence-electron chi connectivity index (χ0n) is 32.1. The van der Waals surface area contributed by atoms with Crippen molar-refractivity contribution in [2.24, 2.45) is 5.92 Å². The molecule has 3 aliphatic rings. The molecular formula is C39H52N8O8. The molecule has 16 heteroatoms. The van der Waals surface area contributed by atoms with Gasteiger partial charge in [0.1, 0.15) is 36.9 Å². The second kappa shape index (κ2) is 16.7. The first-order chi connectivity index (χ1) is 26.2. The minimum Gasteiger partial charge on any atom is -0.388 e. The second-order valence-corrected chi connectivity index (χ2v) is 15.4. The van der Waals surface area contributed by atoms with Crippen molar-refractivity contribution in [1.82, 2.24) is 40.5 Å². The van der Waals surface area contributed by atoms with Crippen molar-refractivity contribution in [2.75, 3.05) is 26.2 Å². The highest BCUT2D eigenvalue weighted by atomic mass is 16.5. The second-order valence-electron chi connectivity index (χ2n) is 15.4. The number of fused-ring (bicyclic) bond motifs is 4. The maximum atomic E-state index is 14.5. The van der Waals surface area contributed by atoms with Crippen molar-refractivity contribution in [2.45, 2.75) is 110 Å². The van der Waals surface area contributed by atoms with Gasteiger partial charge in [-0.1, -0.05) is 32.0 Å². The molecule has 0 spiro atoms. The van der Waals surface area contributed by atoms with Crippen molar-refractivity contribution in [3.63, 3.8) is 0 Å². The van der Waals surface area contributed by atoms with Gasteiger partial charge in [0.2, 0.25) is 29.5 Å². The smallest absolute Gasteiger partial charge is 0.246 e. The summed E-state index contributed by atoms with van der Waals surface area (Å²) < 4.78 is 7.35. The molecule has 55 heavy (non-hydrogen) atoms. The zero-order chi connectivity index (χ0) is 39.6. The number of hydrogen-bond donors (Lipinski definition) is 5. The van der Waals surface area contributed by atoms with Gasteiger partial charge in [-0.05, 0) is 64.0 Å². The largest absolute Gasteiger partial charge is 0.388 e. The number of carbonyl (C=O) groups excluding carboxylic acids is 6. The summed E-state index contributed by atoms with van der Waals surface area (Å²) in [5.41, 5.74) is 2.99. The number of ketones is 1. The number of nitrogens with one attached hydrogen (secondary N) is 4. The molecule has 3 fully saturated rings. The number of ether oxygens (including phenoxy) is 1. The van der Waals surface area contributed by atoms with Gasteiger partial charge >= 0.3 is 0 Å². The monoisotopic (exact) mass is 760 g/mol. The number of benzene rings is 1. The van der Waals surface area contributed by atoms with E-state index in [1.807, 2.05) is 38.1 Å². The maximum Gasteiger partial charge on any atom is 0.246 e. The SMILES string of the molecule is CC(=O)c1c(C)nn(CC(=O)N2CC(=O)N[C@H](Cc3c[nH]c4ccccc34)C(=O)N3CCC[C@@H]3C(=O)N[C@H](CC(C)C)C(=O)N[C@H]3CCO[C@H](C2)[C@H]3O)c1C. The van der Waals surface area contributed by atoms with Gasteiger partial charge in [-0.25, -0.2) is 0 Å². The lowest BCUT2D eigenvalue weighted by atomic mass is 9.97. The molecule has 0 saturated carbocycles. The van der Waals surface area contributed by atoms with Gasteiger partial charge in [-0.2, -0.15) is 5.10 Å². The van der Waals surface area contributed by atoms with Crippen molar-refractivity contribution < 1.29 is 38.6 Å². The van der Waals surface area contributed by atoms with Crippen molar-refractivity contribution in [3.8, 4) is 0 Å². The van der Waals surface area contributed by atoms with E-state index in [-0.39, 0.29) is 50.8 Å². The summed E-state index contributed by atoms with van der Waals surface area (Å²) in [6, 6.07) is 3.90.